The normalized spacial score (nSPS) is 14.9. The van der Waals surface area contributed by atoms with Crippen LogP contribution in [-0.4, -0.2) is 51.9 Å². The number of methoxy groups -OCH3 is 1. The van der Waals surface area contributed by atoms with Gasteiger partial charge in [-0.2, -0.15) is 0 Å². The van der Waals surface area contributed by atoms with Gasteiger partial charge in [0.1, 0.15) is 11.0 Å². The van der Waals surface area contributed by atoms with Gasteiger partial charge in [-0.05, 0) is 59.6 Å². The molecule has 2 aromatic heterocycles. The number of rotatable bonds is 3. The lowest BCUT2D eigenvalue weighted by Gasteiger charge is -2.32. The maximum Gasteiger partial charge on any atom is 0.420 e. The van der Waals surface area contributed by atoms with E-state index in [0.717, 1.165) is 0 Å². The lowest BCUT2D eigenvalue weighted by atomic mass is 10.0. The topological polar surface area (TPSA) is 121 Å². The molecule has 1 aliphatic rings. The fraction of sp³-hybridized carbons (Fsp3) is 0.286. The van der Waals surface area contributed by atoms with Crippen LogP contribution in [0.3, 0.4) is 0 Å². The van der Waals surface area contributed by atoms with Crippen LogP contribution in [0, 0.1) is 0 Å². The predicted molar refractivity (Wildman–Crippen MR) is 108 cm³/mol. The molecule has 2 aromatic carbocycles. The third-order valence-electron chi connectivity index (χ3n) is 5.65. The summed E-state index contributed by atoms with van der Waals surface area (Å²) in [4.78, 5) is 39.0. The van der Waals surface area contributed by atoms with Crippen molar-refractivity contribution in [1.82, 2.24) is 19.8 Å². The predicted octanol–water partition coefficient (Wildman–Crippen LogP) is 2.39. The zero-order valence-corrected chi connectivity index (χ0v) is 16.6. The molecule has 0 spiro atoms. The van der Waals surface area contributed by atoms with Gasteiger partial charge in [0.15, 0.2) is 5.58 Å². The molecule has 0 bridgehead atoms. The summed E-state index contributed by atoms with van der Waals surface area (Å²) in [7, 11) is 1.30. The lowest BCUT2D eigenvalue weighted by Crippen LogP contribution is -2.40. The van der Waals surface area contributed by atoms with E-state index in [2.05, 4.69) is 14.9 Å². The molecule has 3 heterocycles. The van der Waals surface area contributed by atoms with Crippen molar-refractivity contribution in [3.05, 3.63) is 58.1 Å². The fourth-order valence-electron chi connectivity index (χ4n) is 4.05. The summed E-state index contributed by atoms with van der Waals surface area (Å²) < 4.78 is 16.4. The van der Waals surface area contributed by atoms with Crippen molar-refractivity contribution >= 4 is 34.0 Å². The molecule has 0 N–H and O–H groups in total. The minimum absolute atomic E-state index is 0.110. The highest BCUT2D eigenvalue weighted by atomic mass is 16.6. The van der Waals surface area contributed by atoms with Crippen LogP contribution < -0.4 is 5.76 Å². The van der Waals surface area contributed by atoms with E-state index in [9.17, 15) is 14.4 Å². The summed E-state index contributed by atoms with van der Waals surface area (Å²) in [5.41, 5.74) is 2.92. The minimum atomic E-state index is -0.484. The van der Waals surface area contributed by atoms with Gasteiger partial charge < -0.3 is 14.1 Å². The summed E-state index contributed by atoms with van der Waals surface area (Å²) in [5.74, 6) is -1.08. The number of carbonyl (C=O) groups is 2. The fourth-order valence-corrected chi connectivity index (χ4v) is 4.05. The van der Waals surface area contributed by atoms with E-state index in [1.807, 2.05) is 0 Å². The van der Waals surface area contributed by atoms with Gasteiger partial charge in [0, 0.05) is 24.7 Å². The van der Waals surface area contributed by atoms with E-state index in [1.165, 1.54) is 7.11 Å². The van der Waals surface area contributed by atoms with Crippen LogP contribution in [0.4, 0.5) is 0 Å². The van der Waals surface area contributed by atoms with Gasteiger partial charge in [-0.1, -0.05) is 0 Å². The van der Waals surface area contributed by atoms with Crippen molar-refractivity contribution in [2.24, 2.45) is 0 Å². The maximum absolute atomic E-state index is 12.9. The van der Waals surface area contributed by atoms with Crippen LogP contribution in [0.15, 0.2) is 50.2 Å². The molecule has 0 radical (unpaired) electrons. The largest absolute Gasteiger partial charge is 0.465 e. The Balaban J connectivity index is 1.37. The zero-order valence-electron chi connectivity index (χ0n) is 16.6. The average Bonchev–Trinajstić information content (AvgIpc) is 3.40. The number of fused-ring (bicyclic) bond motifs is 2. The summed E-state index contributed by atoms with van der Waals surface area (Å²) in [6.07, 6.45) is 1.16. The third-order valence-corrected chi connectivity index (χ3v) is 5.65. The van der Waals surface area contributed by atoms with Crippen molar-refractivity contribution < 1.29 is 23.4 Å². The monoisotopic (exact) mass is 422 g/mol. The molecule has 5 rings (SSSR count). The summed E-state index contributed by atoms with van der Waals surface area (Å²) in [6, 6.07) is 9.66. The molecule has 1 amide bonds. The molecule has 31 heavy (non-hydrogen) atoms. The number of amides is 1. The zero-order chi connectivity index (χ0) is 21.5. The molecular weight excluding hydrogens is 404 g/mol. The van der Waals surface area contributed by atoms with Crippen LogP contribution in [0.25, 0.3) is 22.1 Å². The van der Waals surface area contributed by atoms with Crippen LogP contribution >= 0.6 is 0 Å². The number of carbonyl (C=O) groups excluding carboxylic acids is 2. The van der Waals surface area contributed by atoms with Crippen molar-refractivity contribution in [2.45, 2.75) is 18.9 Å². The van der Waals surface area contributed by atoms with Gasteiger partial charge in [-0.3, -0.25) is 9.36 Å². The van der Waals surface area contributed by atoms with Gasteiger partial charge in [0.2, 0.25) is 0 Å². The number of esters is 1. The molecule has 0 aliphatic carbocycles. The number of nitrogens with zero attached hydrogens (tertiary/aromatic N) is 4. The molecule has 1 saturated heterocycles. The Bertz CT molecular complexity index is 1360. The maximum atomic E-state index is 12.9. The van der Waals surface area contributed by atoms with Gasteiger partial charge >= 0.3 is 11.7 Å². The lowest BCUT2D eigenvalue weighted by molar-refractivity contribution is 0.0600. The number of likely N-dealkylation sites (tertiary alicyclic amines) is 1. The van der Waals surface area contributed by atoms with E-state index >= 15 is 0 Å². The molecule has 10 heteroatoms. The standard InChI is InChI=1S/C21H18N4O6/c1-29-20(27)13-3-5-18-17(11-13)25(21(28)30-18)14-6-8-24(9-7-14)19(26)12-2-4-15-16(10-12)23-31-22-15/h2-5,10-11,14H,6-9H2,1H3. The smallest absolute Gasteiger partial charge is 0.420 e. The second kappa shape index (κ2) is 7.38. The van der Waals surface area contributed by atoms with Crippen LogP contribution in [-0.2, 0) is 4.74 Å². The second-order valence-electron chi connectivity index (χ2n) is 7.40. The summed E-state index contributed by atoms with van der Waals surface area (Å²) in [6.45, 7) is 0.961. The summed E-state index contributed by atoms with van der Waals surface area (Å²) >= 11 is 0. The van der Waals surface area contributed by atoms with Crippen molar-refractivity contribution in [3.8, 4) is 0 Å². The molecule has 158 valence electrons. The van der Waals surface area contributed by atoms with Gasteiger partial charge in [-0.15, -0.1) is 0 Å². The highest BCUT2D eigenvalue weighted by Crippen LogP contribution is 2.27. The Labute approximate surface area is 174 Å². The first kappa shape index (κ1) is 19.0. The first-order chi connectivity index (χ1) is 15.0. The molecule has 0 saturated carbocycles. The molecule has 1 aliphatic heterocycles. The number of benzene rings is 2. The van der Waals surface area contributed by atoms with E-state index in [-0.39, 0.29) is 11.9 Å². The van der Waals surface area contributed by atoms with Crippen LogP contribution in [0.2, 0.25) is 0 Å². The van der Waals surface area contributed by atoms with Crippen LogP contribution in [0.5, 0.6) is 0 Å². The Morgan fingerprint density at radius 2 is 1.77 bits per heavy atom. The number of piperidine rings is 1. The van der Waals surface area contributed by atoms with Gasteiger partial charge in [-0.25, -0.2) is 14.2 Å². The van der Waals surface area contributed by atoms with Crippen molar-refractivity contribution in [3.63, 3.8) is 0 Å². The average molecular weight is 422 g/mol. The van der Waals surface area contributed by atoms with E-state index in [0.29, 0.717) is 59.2 Å². The highest BCUT2D eigenvalue weighted by Gasteiger charge is 2.28. The van der Waals surface area contributed by atoms with E-state index < -0.39 is 11.7 Å². The molecule has 0 atom stereocenters. The Kier molecular flexibility index (Phi) is 4.54. The van der Waals surface area contributed by atoms with Crippen molar-refractivity contribution in [2.75, 3.05) is 20.2 Å². The first-order valence-corrected chi connectivity index (χ1v) is 9.80. The molecular formula is C21H18N4O6. The number of hydrogen-bond donors (Lipinski definition) is 0. The number of hydrogen-bond acceptors (Lipinski definition) is 8. The Morgan fingerprint density at radius 1 is 1.03 bits per heavy atom. The molecule has 1 fully saturated rings. The number of aromatic nitrogens is 3. The van der Waals surface area contributed by atoms with Gasteiger partial charge in [0.05, 0.1) is 18.2 Å². The Morgan fingerprint density at radius 3 is 2.55 bits per heavy atom. The van der Waals surface area contributed by atoms with E-state index in [4.69, 9.17) is 9.15 Å². The molecule has 4 aromatic rings. The third kappa shape index (κ3) is 3.25. The number of ether oxygens (including phenoxy) is 1. The summed E-state index contributed by atoms with van der Waals surface area (Å²) in [5, 5.41) is 7.52. The molecule has 10 nitrogen and oxygen atoms in total. The SMILES string of the molecule is COC(=O)c1ccc2oc(=O)n(C3CCN(C(=O)c4ccc5nonc5c4)CC3)c2c1. The number of oxazole rings is 1. The minimum Gasteiger partial charge on any atom is -0.465 e. The van der Waals surface area contributed by atoms with E-state index in [1.54, 1.807) is 45.9 Å². The Hall–Kier alpha value is -3.95. The molecule has 0 unspecified atom stereocenters. The first-order valence-electron chi connectivity index (χ1n) is 9.80. The quantitative estimate of drug-likeness (QED) is 0.462. The highest BCUT2D eigenvalue weighted by molar-refractivity contribution is 5.97. The van der Waals surface area contributed by atoms with Crippen LogP contribution in [0.1, 0.15) is 39.6 Å². The van der Waals surface area contributed by atoms with Crippen molar-refractivity contribution in [1.29, 1.82) is 0 Å². The second-order valence-corrected chi connectivity index (χ2v) is 7.40. The van der Waals surface area contributed by atoms with Gasteiger partial charge in [0.25, 0.3) is 5.91 Å².